The standard InChI is InChI=1S/C26H39N5O4S/c1-17(2)15-27-25(32)28-21-8-6-20(7-9-21)24-29-22(26(10-11-26)36(33,34)18(3)4)14-23(30-24)31-12-13-35-16-19(31)5/h6-9,14,17-19,33-34H,10-13,15-16H2,1-5H3,(H2,27,28,32)/t19-/m0/s1. The molecule has 1 atom stereocenters. The number of rotatable bonds is 8. The highest BCUT2D eigenvalue weighted by molar-refractivity contribution is 8.25. The molecule has 2 amide bonds. The summed E-state index contributed by atoms with van der Waals surface area (Å²) < 4.78 is 27.2. The zero-order valence-corrected chi connectivity index (χ0v) is 22.6. The van der Waals surface area contributed by atoms with Crippen molar-refractivity contribution in [3.05, 3.63) is 36.0 Å². The second-order valence-electron chi connectivity index (χ2n) is 10.5. The minimum Gasteiger partial charge on any atom is -0.377 e. The zero-order valence-electron chi connectivity index (χ0n) is 21.8. The number of anilines is 2. The van der Waals surface area contributed by atoms with E-state index >= 15 is 0 Å². The molecular weight excluding hydrogens is 478 g/mol. The number of hydrogen-bond donors (Lipinski definition) is 4. The molecule has 10 heteroatoms. The lowest BCUT2D eigenvalue weighted by Gasteiger charge is -2.44. The third-order valence-corrected chi connectivity index (χ3v) is 9.93. The Bertz CT molecular complexity index is 1070. The average Bonchev–Trinajstić information content (AvgIpc) is 3.66. The minimum atomic E-state index is -2.90. The van der Waals surface area contributed by atoms with Crippen LogP contribution in [-0.2, 0) is 9.48 Å². The monoisotopic (exact) mass is 517 g/mol. The van der Waals surface area contributed by atoms with E-state index in [1.165, 1.54) is 0 Å². The first kappa shape index (κ1) is 26.7. The van der Waals surface area contributed by atoms with E-state index in [-0.39, 0.29) is 17.3 Å². The smallest absolute Gasteiger partial charge is 0.319 e. The van der Waals surface area contributed by atoms with E-state index in [4.69, 9.17) is 14.7 Å². The van der Waals surface area contributed by atoms with Gasteiger partial charge in [-0.3, -0.25) is 9.11 Å². The number of morpholine rings is 1. The minimum absolute atomic E-state index is 0.144. The van der Waals surface area contributed by atoms with Crippen LogP contribution >= 0.6 is 10.6 Å². The van der Waals surface area contributed by atoms with Crippen molar-refractivity contribution >= 4 is 28.1 Å². The Hall–Kier alpha value is -2.40. The van der Waals surface area contributed by atoms with Crippen LogP contribution in [0.5, 0.6) is 0 Å². The highest BCUT2D eigenvalue weighted by atomic mass is 32.3. The lowest BCUT2D eigenvalue weighted by molar-refractivity contribution is 0.0985. The maximum Gasteiger partial charge on any atom is 0.319 e. The predicted molar refractivity (Wildman–Crippen MR) is 146 cm³/mol. The van der Waals surface area contributed by atoms with E-state index in [2.05, 4.69) is 22.5 Å². The topological polar surface area (TPSA) is 120 Å². The SMILES string of the molecule is CC(C)CNC(=O)Nc1ccc(-c2nc(N3CCOC[C@@H]3C)cc(C3(S(O)(O)C(C)C)CC3)n2)cc1. The number of ether oxygens (including phenoxy) is 1. The Labute approximate surface area is 215 Å². The van der Waals surface area contributed by atoms with Gasteiger partial charge in [0.25, 0.3) is 0 Å². The molecule has 0 radical (unpaired) electrons. The highest BCUT2D eigenvalue weighted by Crippen LogP contribution is 2.73. The van der Waals surface area contributed by atoms with Crippen molar-refractivity contribution in [3.63, 3.8) is 0 Å². The molecular formula is C26H39N5O4S. The van der Waals surface area contributed by atoms with Gasteiger partial charge in [0.1, 0.15) is 10.6 Å². The van der Waals surface area contributed by atoms with E-state index in [1.807, 2.05) is 58.0 Å². The van der Waals surface area contributed by atoms with Crippen molar-refractivity contribution in [1.82, 2.24) is 15.3 Å². The number of benzene rings is 1. The van der Waals surface area contributed by atoms with Crippen molar-refractivity contribution < 1.29 is 18.6 Å². The van der Waals surface area contributed by atoms with E-state index < -0.39 is 15.3 Å². The number of nitrogens with zero attached hydrogens (tertiary/aromatic N) is 3. The Morgan fingerprint density at radius 3 is 2.47 bits per heavy atom. The largest absolute Gasteiger partial charge is 0.377 e. The summed E-state index contributed by atoms with van der Waals surface area (Å²) in [5.74, 6) is 1.67. The molecule has 1 saturated carbocycles. The van der Waals surface area contributed by atoms with Gasteiger partial charge in [-0.05, 0) is 63.8 Å². The third kappa shape index (κ3) is 5.46. The molecule has 2 fully saturated rings. The van der Waals surface area contributed by atoms with Crippen LogP contribution in [0.15, 0.2) is 30.3 Å². The molecule has 1 aliphatic carbocycles. The third-order valence-electron chi connectivity index (χ3n) is 6.85. The molecule has 9 nitrogen and oxygen atoms in total. The molecule has 198 valence electrons. The van der Waals surface area contributed by atoms with Crippen molar-refractivity contribution in [1.29, 1.82) is 0 Å². The van der Waals surface area contributed by atoms with Gasteiger partial charge >= 0.3 is 6.03 Å². The second kappa shape index (κ2) is 10.5. The van der Waals surface area contributed by atoms with Crippen molar-refractivity contribution in [2.75, 3.05) is 36.5 Å². The fraction of sp³-hybridized carbons (Fsp3) is 0.577. The Balaban J connectivity index is 1.67. The number of hydrogen-bond acceptors (Lipinski definition) is 7. The Kier molecular flexibility index (Phi) is 7.80. The van der Waals surface area contributed by atoms with E-state index in [0.29, 0.717) is 62.3 Å². The fourth-order valence-electron chi connectivity index (χ4n) is 4.46. The molecule has 4 rings (SSSR count). The van der Waals surface area contributed by atoms with Crippen LogP contribution in [0.3, 0.4) is 0 Å². The maximum absolute atomic E-state index is 12.1. The summed E-state index contributed by atoms with van der Waals surface area (Å²) in [5.41, 5.74) is 2.15. The first-order valence-corrected chi connectivity index (χ1v) is 14.3. The molecule has 2 heterocycles. The molecule has 0 spiro atoms. The molecule has 1 aromatic carbocycles. The van der Waals surface area contributed by atoms with Crippen molar-refractivity contribution in [2.24, 2.45) is 5.92 Å². The van der Waals surface area contributed by atoms with Crippen molar-refractivity contribution in [3.8, 4) is 11.4 Å². The normalized spacial score (nSPS) is 19.9. The van der Waals surface area contributed by atoms with E-state index in [9.17, 15) is 13.9 Å². The van der Waals surface area contributed by atoms with Crippen LogP contribution < -0.4 is 15.5 Å². The maximum atomic E-state index is 12.1. The summed E-state index contributed by atoms with van der Waals surface area (Å²) in [6, 6.07) is 9.24. The average molecular weight is 518 g/mol. The molecule has 0 bridgehead atoms. The number of carbonyl (C=O) groups excluding carboxylic acids is 1. The van der Waals surface area contributed by atoms with Gasteiger partial charge in [0, 0.05) is 35.7 Å². The van der Waals surface area contributed by atoms with E-state index in [1.54, 1.807) is 0 Å². The molecule has 0 unspecified atom stereocenters. The first-order valence-electron chi connectivity index (χ1n) is 12.7. The van der Waals surface area contributed by atoms with Gasteiger partial charge < -0.3 is 20.3 Å². The van der Waals surface area contributed by atoms with Crippen LogP contribution in [0.4, 0.5) is 16.3 Å². The van der Waals surface area contributed by atoms with Gasteiger partial charge in [-0.2, -0.15) is 10.6 Å². The summed E-state index contributed by atoms with van der Waals surface area (Å²) in [4.78, 5) is 24.1. The summed E-state index contributed by atoms with van der Waals surface area (Å²) in [5, 5.41) is 5.42. The number of aromatic nitrogens is 2. The second-order valence-corrected chi connectivity index (χ2v) is 13.4. The lowest BCUT2D eigenvalue weighted by atomic mass is 10.1. The molecule has 1 aromatic heterocycles. The lowest BCUT2D eigenvalue weighted by Crippen LogP contribution is -2.44. The van der Waals surface area contributed by atoms with Gasteiger partial charge in [-0.25, -0.2) is 14.8 Å². The molecule has 4 N–H and O–H groups in total. The van der Waals surface area contributed by atoms with Gasteiger partial charge in [-0.15, -0.1) is 0 Å². The van der Waals surface area contributed by atoms with Crippen molar-refractivity contribution in [2.45, 2.75) is 63.5 Å². The number of urea groups is 1. The molecule has 36 heavy (non-hydrogen) atoms. The van der Waals surface area contributed by atoms with Gasteiger partial charge in [0.05, 0.1) is 24.9 Å². The predicted octanol–water partition coefficient (Wildman–Crippen LogP) is 5.29. The quantitative estimate of drug-likeness (QED) is 0.375. The molecule has 1 aliphatic heterocycles. The highest BCUT2D eigenvalue weighted by Gasteiger charge is 2.57. The summed E-state index contributed by atoms with van der Waals surface area (Å²) in [6.07, 6.45) is 1.38. The van der Waals surface area contributed by atoms with Crippen LogP contribution in [0.2, 0.25) is 0 Å². The van der Waals surface area contributed by atoms with E-state index in [0.717, 1.165) is 11.4 Å². The number of nitrogens with one attached hydrogen (secondary N) is 2. The molecule has 1 saturated heterocycles. The summed E-state index contributed by atoms with van der Waals surface area (Å²) in [7, 11) is -2.90. The first-order chi connectivity index (χ1) is 17.0. The Morgan fingerprint density at radius 2 is 1.89 bits per heavy atom. The summed E-state index contributed by atoms with van der Waals surface area (Å²) >= 11 is 0. The zero-order chi connectivity index (χ0) is 26.1. The summed E-state index contributed by atoms with van der Waals surface area (Å²) in [6.45, 7) is 12.4. The number of amides is 2. The van der Waals surface area contributed by atoms with Gasteiger partial charge in [0.2, 0.25) is 0 Å². The number of carbonyl (C=O) groups is 1. The van der Waals surface area contributed by atoms with Crippen LogP contribution in [0.25, 0.3) is 11.4 Å². The van der Waals surface area contributed by atoms with Gasteiger partial charge in [0.15, 0.2) is 5.82 Å². The van der Waals surface area contributed by atoms with Crippen LogP contribution in [0, 0.1) is 5.92 Å². The van der Waals surface area contributed by atoms with Crippen LogP contribution in [-0.4, -0.2) is 62.7 Å². The molecule has 2 aromatic rings. The van der Waals surface area contributed by atoms with Crippen LogP contribution in [0.1, 0.15) is 53.2 Å². The Morgan fingerprint density at radius 1 is 1.19 bits per heavy atom. The fourth-order valence-corrected chi connectivity index (χ4v) is 6.48. The molecule has 2 aliphatic rings. The van der Waals surface area contributed by atoms with Gasteiger partial charge in [-0.1, -0.05) is 13.8 Å².